The molecule has 23 heavy (non-hydrogen) atoms. The Morgan fingerprint density at radius 2 is 1.65 bits per heavy atom. The summed E-state index contributed by atoms with van der Waals surface area (Å²) in [5, 5.41) is 0. The number of primary amides is 1. The second-order valence-electron chi connectivity index (χ2n) is 6.19. The summed E-state index contributed by atoms with van der Waals surface area (Å²) >= 11 is 0. The average Bonchev–Trinajstić information content (AvgIpc) is 2.57. The second kappa shape index (κ2) is 6.50. The van der Waals surface area contributed by atoms with Gasteiger partial charge in [0.05, 0.1) is 5.41 Å². The fourth-order valence-electron chi connectivity index (χ4n) is 3.43. The third-order valence-electron chi connectivity index (χ3n) is 4.82. The molecule has 0 aromatic heterocycles. The number of nitrogens with zero attached hydrogens (tertiary/aromatic N) is 1. The highest BCUT2D eigenvalue weighted by molar-refractivity contribution is 5.87. The molecule has 0 spiro atoms. The molecule has 120 valence electrons. The smallest absolute Gasteiger partial charge is 0.228 e. The van der Waals surface area contributed by atoms with Crippen LogP contribution in [0.4, 0.5) is 4.39 Å². The predicted octanol–water partition coefficient (Wildman–Crippen LogP) is 2.84. The molecule has 0 saturated carbocycles. The third-order valence-corrected chi connectivity index (χ3v) is 4.82. The van der Waals surface area contributed by atoms with Gasteiger partial charge in [0, 0.05) is 12.1 Å². The van der Waals surface area contributed by atoms with Crippen molar-refractivity contribution in [3.63, 3.8) is 0 Å². The van der Waals surface area contributed by atoms with Crippen molar-refractivity contribution >= 4 is 5.91 Å². The lowest BCUT2D eigenvalue weighted by Crippen LogP contribution is -2.50. The van der Waals surface area contributed by atoms with Crippen molar-refractivity contribution < 1.29 is 9.18 Å². The summed E-state index contributed by atoms with van der Waals surface area (Å²) in [6.07, 6.45) is 1.10. The van der Waals surface area contributed by atoms with Crippen molar-refractivity contribution in [2.24, 2.45) is 5.73 Å². The summed E-state index contributed by atoms with van der Waals surface area (Å²) in [5.41, 5.74) is 6.46. The zero-order valence-corrected chi connectivity index (χ0v) is 13.0. The Labute approximate surface area is 135 Å². The molecule has 2 aromatic rings. The van der Waals surface area contributed by atoms with Crippen LogP contribution in [0.3, 0.4) is 0 Å². The molecule has 0 aliphatic carbocycles. The monoisotopic (exact) mass is 312 g/mol. The lowest BCUT2D eigenvalue weighted by Gasteiger charge is -2.40. The Bertz CT molecular complexity index is 679. The second-order valence-corrected chi connectivity index (χ2v) is 6.19. The maximum absolute atomic E-state index is 14.2. The first-order chi connectivity index (χ1) is 11.1. The van der Waals surface area contributed by atoms with E-state index in [2.05, 4.69) is 17.0 Å². The van der Waals surface area contributed by atoms with Gasteiger partial charge in [-0.2, -0.15) is 0 Å². The van der Waals surface area contributed by atoms with Crippen LogP contribution in [0.25, 0.3) is 0 Å². The molecule has 1 saturated heterocycles. The first-order valence-electron chi connectivity index (χ1n) is 7.93. The van der Waals surface area contributed by atoms with E-state index in [0.29, 0.717) is 18.4 Å². The Kier molecular flexibility index (Phi) is 4.44. The highest BCUT2D eigenvalue weighted by Crippen LogP contribution is 2.37. The minimum atomic E-state index is -0.890. The van der Waals surface area contributed by atoms with E-state index in [9.17, 15) is 9.18 Å². The van der Waals surface area contributed by atoms with Gasteiger partial charge in [0.15, 0.2) is 0 Å². The number of rotatable bonds is 4. The van der Waals surface area contributed by atoms with Crippen LogP contribution < -0.4 is 5.73 Å². The summed E-state index contributed by atoms with van der Waals surface area (Å²) < 4.78 is 14.2. The van der Waals surface area contributed by atoms with Crippen LogP contribution >= 0.6 is 0 Å². The number of carbonyl (C=O) groups is 1. The fraction of sp³-hybridized carbons (Fsp3) is 0.316. The molecule has 3 nitrogen and oxygen atoms in total. The molecule has 3 rings (SSSR count). The van der Waals surface area contributed by atoms with Gasteiger partial charge in [0.2, 0.25) is 5.91 Å². The van der Waals surface area contributed by atoms with Crippen molar-refractivity contribution in [3.8, 4) is 0 Å². The van der Waals surface area contributed by atoms with Gasteiger partial charge in [-0.3, -0.25) is 9.69 Å². The zero-order valence-electron chi connectivity index (χ0n) is 13.0. The molecule has 0 atom stereocenters. The zero-order chi connectivity index (χ0) is 16.3. The number of halogens is 1. The van der Waals surface area contributed by atoms with Crippen LogP contribution in [0.5, 0.6) is 0 Å². The average molecular weight is 312 g/mol. The van der Waals surface area contributed by atoms with E-state index < -0.39 is 11.3 Å². The molecule has 1 heterocycles. The molecule has 0 unspecified atom stereocenters. The minimum absolute atomic E-state index is 0.345. The van der Waals surface area contributed by atoms with Crippen molar-refractivity contribution in [1.29, 1.82) is 0 Å². The van der Waals surface area contributed by atoms with E-state index in [0.717, 1.165) is 19.6 Å². The van der Waals surface area contributed by atoms with Crippen LogP contribution in [-0.4, -0.2) is 23.9 Å². The first-order valence-corrected chi connectivity index (χ1v) is 7.93. The van der Waals surface area contributed by atoms with Crippen molar-refractivity contribution in [2.75, 3.05) is 13.1 Å². The SMILES string of the molecule is NC(=O)C1(c2ccccc2F)CCN(Cc2ccccc2)CC1. The van der Waals surface area contributed by atoms with E-state index in [1.807, 2.05) is 18.2 Å². The molecule has 2 aromatic carbocycles. The number of nitrogens with two attached hydrogens (primary N) is 1. The number of amides is 1. The Morgan fingerprint density at radius 1 is 1.04 bits per heavy atom. The number of carbonyl (C=O) groups excluding carboxylic acids is 1. The standard InChI is InChI=1S/C19H21FN2O/c20-17-9-5-4-8-16(17)19(18(21)23)10-12-22(13-11-19)14-15-6-2-1-3-7-15/h1-9H,10-14H2,(H2,21,23). The van der Waals surface area contributed by atoms with Crippen LogP contribution in [0, 0.1) is 5.82 Å². The quantitative estimate of drug-likeness (QED) is 0.943. The van der Waals surface area contributed by atoms with Crippen molar-refractivity contribution in [2.45, 2.75) is 24.8 Å². The third kappa shape index (κ3) is 3.13. The molecule has 1 fully saturated rings. The Morgan fingerprint density at radius 3 is 2.26 bits per heavy atom. The largest absolute Gasteiger partial charge is 0.369 e. The van der Waals surface area contributed by atoms with E-state index in [1.54, 1.807) is 18.2 Å². The van der Waals surface area contributed by atoms with Gasteiger partial charge in [-0.15, -0.1) is 0 Å². The molecular weight excluding hydrogens is 291 g/mol. The normalized spacial score (nSPS) is 17.8. The summed E-state index contributed by atoms with van der Waals surface area (Å²) in [7, 11) is 0. The number of hydrogen-bond acceptors (Lipinski definition) is 2. The lowest BCUT2D eigenvalue weighted by atomic mass is 9.72. The molecule has 0 bridgehead atoms. The van der Waals surface area contributed by atoms with Crippen LogP contribution in [-0.2, 0) is 16.8 Å². The summed E-state index contributed by atoms with van der Waals surface area (Å²) in [6.45, 7) is 2.30. The van der Waals surface area contributed by atoms with Crippen molar-refractivity contribution in [3.05, 3.63) is 71.5 Å². The van der Waals surface area contributed by atoms with E-state index in [4.69, 9.17) is 5.73 Å². The van der Waals surface area contributed by atoms with Gasteiger partial charge < -0.3 is 5.73 Å². The van der Waals surface area contributed by atoms with E-state index in [-0.39, 0.29) is 5.82 Å². The molecule has 2 N–H and O–H groups in total. The van der Waals surface area contributed by atoms with Gasteiger partial charge in [-0.05, 0) is 37.6 Å². The summed E-state index contributed by atoms with van der Waals surface area (Å²) in [4.78, 5) is 14.4. The number of likely N-dealkylation sites (tertiary alicyclic amines) is 1. The number of benzene rings is 2. The lowest BCUT2D eigenvalue weighted by molar-refractivity contribution is -0.125. The Hall–Kier alpha value is -2.20. The number of hydrogen-bond donors (Lipinski definition) is 1. The maximum atomic E-state index is 14.2. The highest BCUT2D eigenvalue weighted by atomic mass is 19.1. The summed E-state index contributed by atoms with van der Waals surface area (Å²) in [6, 6.07) is 16.7. The van der Waals surface area contributed by atoms with Crippen molar-refractivity contribution in [1.82, 2.24) is 4.90 Å². The van der Waals surface area contributed by atoms with Gasteiger partial charge in [0.25, 0.3) is 0 Å². The maximum Gasteiger partial charge on any atom is 0.228 e. The van der Waals surface area contributed by atoms with Crippen LogP contribution in [0.1, 0.15) is 24.0 Å². The Balaban J connectivity index is 1.77. The highest BCUT2D eigenvalue weighted by Gasteiger charge is 2.43. The van der Waals surface area contributed by atoms with Gasteiger partial charge in [0.1, 0.15) is 5.82 Å². The van der Waals surface area contributed by atoms with Crippen LogP contribution in [0.15, 0.2) is 54.6 Å². The first kappa shape index (κ1) is 15.7. The van der Waals surface area contributed by atoms with Crippen LogP contribution in [0.2, 0.25) is 0 Å². The van der Waals surface area contributed by atoms with E-state index >= 15 is 0 Å². The fourth-order valence-corrected chi connectivity index (χ4v) is 3.43. The topological polar surface area (TPSA) is 46.3 Å². The van der Waals surface area contributed by atoms with Gasteiger partial charge in [-0.25, -0.2) is 4.39 Å². The summed E-state index contributed by atoms with van der Waals surface area (Å²) in [5.74, 6) is -0.773. The molecule has 1 aliphatic heterocycles. The number of piperidine rings is 1. The van der Waals surface area contributed by atoms with Gasteiger partial charge >= 0.3 is 0 Å². The minimum Gasteiger partial charge on any atom is -0.369 e. The predicted molar refractivity (Wildman–Crippen MR) is 88.2 cm³/mol. The molecule has 1 aliphatic rings. The van der Waals surface area contributed by atoms with Gasteiger partial charge in [-0.1, -0.05) is 48.5 Å². The van der Waals surface area contributed by atoms with E-state index in [1.165, 1.54) is 11.6 Å². The molecule has 1 amide bonds. The molecule has 4 heteroatoms. The molecular formula is C19H21FN2O. The molecule has 0 radical (unpaired) electrons.